The molecule has 0 aliphatic heterocycles. The third-order valence-electron chi connectivity index (χ3n) is 4.22. The summed E-state index contributed by atoms with van der Waals surface area (Å²) in [4.78, 5) is 13.4. The number of ether oxygens (including phenoxy) is 1. The predicted octanol–water partition coefficient (Wildman–Crippen LogP) is 4.76. The molecule has 124 valence electrons. The molecule has 0 N–H and O–H groups in total. The van der Waals surface area contributed by atoms with E-state index in [9.17, 15) is 0 Å². The van der Waals surface area contributed by atoms with Gasteiger partial charge in [0.1, 0.15) is 11.5 Å². The fourth-order valence-electron chi connectivity index (χ4n) is 3.13. The molecule has 1 aromatic carbocycles. The number of hydrogen-bond donors (Lipinski definition) is 0. The molecule has 0 aliphatic carbocycles. The zero-order chi connectivity index (χ0) is 17.3. The van der Waals surface area contributed by atoms with Crippen LogP contribution in [0, 0.1) is 0 Å². The van der Waals surface area contributed by atoms with Gasteiger partial charge in [-0.1, -0.05) is 30.3 Å². The molecule has 5 rings (SSSR count). The molecular weight excluding hydrogens is 324 g/mol. The van der Waals surface area contributed by atoms with Gasteiger partial charge < -0.3 is 4.74 Å². The summed E-state index contributed by atoms with van der Waals surface area (Å²) in [7, 11) is 0. The minimum atomic E-state index is 0.489. The maximum Gasteiger partial charge on any atom is 0.223 e. The number of benzene rings is 1. The molecule has 0 radical (unpaired) electrons. The Morgan fingerprint density at radius 1 is 0.654 bits per heavy atom. The fraction of sp³-hybridized carbons (Fsp3) is 0. The van der Waals surface area contributed by atoms with Gasteiger partial charge in [0, 0.05) is 35.3 Å². The van der Waals surface area contributed by atoms with Crippen LogP contribution in [0.3, 0.4) is 0 Å². The first-order valence-electron chi connectivity index (χ1n) is 8.31. The summed E-state index contributed by atoms with van der Waals surface area (Å²) in [5.74, 6) is 1.75. The molecule has 0 saturated carbocycles. The number of fused-ring (bicyclic) bond motifs is 3. The quantitative estimate of drug-likeness (QED) is 0.476. The molecule has 0 saturated heterocycles. The van der Waals surface area contributed by atoms with Crippen LogP contribution in [-0.2, 0) is 0 Å². The van der Waals surface area contributed by atoms with Gasteiger partial charge in [-0.3, -0.25) is 4.57 Å². The van der Waals surface area contributed by atoms with Crippen LogP contribution < -0.4 is 4.74 Å². The third-order valence-corrected chi connectivity index (χ3v) is 4.22. The van der Waals surface area contributed by atoms with Gasteiger partial charge in [-0.2, -0.15) is 4.98 Å². The van der Waals surface area contributed by atoms with E-state index >= 15 is 0 Å². The lowest BCUT2D eigenvalue weighted by Crippen LogP contribution is -2.00. The number of hydrogen-bond acceptors (Lipinski definition) is 4. The van der Waals surface area contributed by atoms with E-state index < -0.39 is 0 Å². The van der Waals surface area contributed by atoms with Crippen molar-refractivity contribution >= 4 is 21.9 Å². The van der Waals surface area contributed by atoms with E-state index in [0.29, 0.717) is 11.8 Å². The highest BCUT2D eigenvalue weighted by atomic mass is 16.5. The van der Waals surface area contributed by atoms with Gasteiger partial charge in [-0.05, 0) is 30.3 Å². The van der Waals surface area contributed by atoms with Crippen molar-refractivity contribution in [1.29, 1.82) is 0 Å². The average molecular weight is 338 g/mol. The zero-order valence-electron chi connectivity index (χ0n) is 13.8. The summed E-state index contributed by atoms with van der Waals surface area (Å²) < 4.78 is 7.84. The van der Waals surface area contributed by atoms with E-state index in [2.05, 4.69) is 37.7 Å². The Balaban J connectivity index is 1.69. The molecule has 4 heterocycles. The SMILES string of the molecule is c1ccc(Oc2cccc(-n3c4ccccc4c4cccnc43)n2)nc1. The number of rotatable bonds is 3. The van der Waals surface area contributed by atoms with E-state index in [-0.39, 0.29) is 0 Å². The second kappa shape index (κ2) is 5.97. The summed E-state index contributed by atoms with van der Waals surface area (Å²) in [6.07, 6.45) is 3.49. The van der Waals surface area contributed by atoms with Crippen LogP contribution in [0.2, 0.25) is 0 Å². The van der Waals surface area contributed by atoms with Gasteiger partial charge >= 0.3 is 0 Å². The zero-order valence-corrected chi connectivity index (χ0v) is 13.8. The fourth-order valence-corrected chi connectivity index (χ4v) is 3.13. The molecule has 4 aromatic heterocycles. The summed E-state index contributed by atoms with van der Waals surface area (Å²) in [6, 6.07) is 23.5. The summed E-state index contributed by atoms with van der Waals surface area (Å²) in [5, 5.41) is 2.24. The maximum absolute atomic E-state index is 5.79. The first-order valence-corrected chi connectivity index (χ1v) is 8.31. The van der Waals surface area contributed by atoms with E-state index in [1.165, 1.54) is 0 Å². The average Bonchev–Trinajstić information content (AvgIpc) is 3.04. The molecule has 26 heavy (non-hydrogen) atoms. The summed E-state index contributed by atoms with van der Waals surface area (Å²) in [5.41, 5.74) is 1.93. The van der Waals surface area contributed by atoms with E-state index in [4.69, 9.17) is 4.74 Å². The molecule has 0 atom stereocenters. The van der Waals surface area contributed by atoms with Crippen LogP contribution in [0.5, 0.6) is 11.8 Å². The van der Waals surface area contributed by atoms with Crippen molar-refractivity contribution in [3.63, 3.8) is 0 Å². The van der Waals surface area contributed by atoms with E-state index in [1.54, 1.807) is 18.5 Å². The Kier molecular flexibility index (Phi) is 3.35. The van der Waals surface area contributed by atoms with Gasteiger partial charge in [0.05, 0.1) is 5.52 Å². The topological polar surface area (TPSA) is 52.8 Å². The van der Waals surface area contributed by atoms with Crippen LogP contribution >= 0.6 is 0 Å². The Hall–Kier alpha value is -3.73. The Bertz CT molecular complexity index is 1160. The van der Waals surface area contributed by atoms with Crippen molar-refractivity contribution in [1.82, 2.24) is 19.5 Å². The molecule has 0 fully saturated rings. The molecule has 0 bridgehead atoms. The maximum atomic E-state index is 5.79. The second-order valence-corrected chi connectivity index (χ2v) is 5.83. The Labute approximate surface area is 149 Å². The standard InChI is InChI=1S/C21H14N4O/c1-2-9-17-15(7-1)16-8-6-14-23-21(16)25(17)18-10-5-12-20(24-18)26-19-11-3-4-13-22-19/h1-14H. The molecule has 5 aromatic rings. The van der Waals surface area contributed by atoms with Gasteiger partial charge in [0.25, 0.3) is 0 Å². The third kappa shape index (κ3) is 2.38. The Morgan fingerprint density at radius 2 is 1.46 bits per heavy atom. The van der Waals surface area contributed by atoms with E-state index in [0.717, 1.165) is 27.8 Å². The van der Waals surface area contributed by atoms with E-state index in [1.807, 2.05) is 48.5 Å². The lowest BCUT2D eigenvalue weighted by molar-refractivity contribution is 0.444. The number of nitrogens with zero attached hydrogens (tertiary/aromatic N) is 4. The minimum absolute atomic E-state index is 0.489. The van der Waals surface area contributed by atoms with Crippen LogP contribution in [-0.4, -0.2) is 19.5 Å². The van der Waals surface area contributed by atoms with Crippen molar-refractivity contribution in [2.75, 3.05) is 0 Å². The predicted molar refractivity (Wildman–Crippen MR) is 101 cm³/mol. The van der Waals surface area contributed by atoms with Crippen LogP contribution in [0.15, 0.2) is 85.2 Å². The summed E-state index contributed by atoms with van der Waals surface area (Å²) >= 11 is 0. The molecular formula is C21H14N4O. The normalized spacial score (nSPS) is 11.1. The first-order chi connectivity index (χ1) is 12.9. The minimum Gasteiger partial charge on any atom is -0.421 e. The molecule has 0 aliphatic rings. The molecule has 0 amide bonds. The van der Waals surface area contributed by atoms with Crippen LogP contribution in [0.25, 0.3) is 27.8 Å². The molecule has 0 spiro atoms. The molecule has 5 nitrogen and oxygen atoms in total. The van der Waals surface area contributed by atoms with Gasteiger partial charge in [-0.15, -0.1) is 0 Å². The highest BCUT2D eigenvalue weighted by Gasteiger charge is 2.13. The second-order valence-electron chi connectivity index (χ2n) is 5.83. The first kappa shape index (κ1) is 14.6. The lowest BCUT2D eigenvalue weighted by atomic mass is 10.2. The molecule has 0 unspecified atom stereocenters. The Morgan fingerprint density at radius 3 is 2.38 bits per heavy atom. The van der Waals surface area contributed by atoms with Crippen molar-refractivity contribution < 1.29 is 4.74 Å². The van der Waals surface area contributed by atoms with Crippen LogP contribution in [0.4, 0.5) is 0 Å². The van der Waals surface area contributed by atoms with Crippen molar-refractivity contribution in [3.05, 3.63) is 85.2 Å². The van der Waals surface area contributed by atoms with Crippen LogP contribution in [0.1, 0.15) is 0 Å². The van der Waals surface area contributed by atoms with Crippen molar-refractivity contribution in [3.8, 4) is 17.6 Å². The molecule has 5 heteroatoms. The number of pyridine rings is 3. The van der Waals surface area contributed by atoms with Crippen molar-refractivity contribution in [2.45, 2.75) is 0 Å². The highest BCUT2D eigenvalue weighted by molar-refractivity contribution is 6.07. The lowest BCUT2D eigenvalue weighted by Gasteiger charge is -2.08. The number of para-hydroxylation sites is 1. The van der Waals surface area contributed by atoms with Gasteiger partial charge in [0.2, 0.25) is 11.8 Å². The van der Waals surface area contributed by atoms with Gasteiger partial charge in [0.15, 0.2) is 0 Å². The monoisotopic (exact) mass is 338 g/mol. The largest absolute Gasteiger partial charge is 0.421 e. The highest BCUT2D eigenvalue weighted by Crippen LogP contribution is 2.30. The van der Waals surface area contributed by atoms with Gasteiger partial charge in [-0.25, -0.2) is 9.97 Å². The summed E-state index contributed by atoms with van der Waals surface area (Å²) in [6.45, 7) is 0. The number of aromatic nitrogens is 4. The van der Waals surface area contributed by atoms with Crippen molar-refractivity contribution in [2.24, 2.45) is 0 Å². The smallest absolute Gasteiger partial charge is 0.223 e.